The molecular weight excluding hydrogens is 381 g/mol. The Balaban J connectivity index is 1.97. The number of benzene rings is 2. The second-order valence-electron chi connectivity index (χ2n) is 5.07. The average Bonchev–Trinajstić information content (AvgIpc) is 2.51. The van der Waals surface area contributed by atoms with Crippen LogP contribution < -0.4 is 16.4 Å². The van der Waals surface area contributed by atoms with Gasteiger partial charge in [-0.1, -0.05) is 22.0 Å². The Morgan fingerprint density at radius 3 is 2.75 bits per heavy atom. The van der Waals surface area contributed by atoms with Gasteiger partial charge in [0.2, 0.25) is 5.91 Å². The summed E-state index contributed by atoms with van der Waals surface area (Å²) >= 11 is 3.29. The zero-order valence-electron chi connectivity index (χ0n) is 12.2. The number of rotatable bonds is 3. The molecule has 24 heavy (non-hydrogen) atoms. The minimum Gasteiger partial charge on any atom is -0.324 e. The van der Waals surface area contributed by atoms with Gasteiger partial charge in [-0.15, -0.1) is 0 Å². The standard InChI is InChI=1S/C16H11BrFN3O3/c17-9-2-1-3-11(6-9)19-14(22)8-21-13-5-4-10(18)7-12(13)20-15(23)16(21)24/h1-7H,8H2,(H,19,22)(H,20,23). The lowest BCUT2D eigenvalue weighted by Gasteiger charge is -2.10. The monoisotopic (exact) mass is 391 g/mol. The Labute approximate surface area is 143 Å². The molecule has 0 bridgehead atoms. The molecule has 0 atom stereocenters. The van der Waals surface area contributed by atoms with Gasteiger partial charge in [-0.25, -0.2) is 4.39 Å². The number of amides is 1. The van der Waals surface area contributed by atoms with Crippen LogP contribution in [0.25, 0.3) is 11.0 Å². The Bertz CT molecular complexity index is 1060. The minimum atomic E-state index is -0.914. The van der Waals surface area contributed by atoms with Gasteiger partial charge in [0.25, 0.3) is 0 Å². The van der Waals surface area contributed by atoms with E-state index in [1.54, 1.807) is 24.3 Å². The third kappa shape index (κ3) is 3.28. The van der Waals surface area contributed by atoms with Crippen LogP contribution >= 0.6 is 15.9 Å². The maximum absolute atomic E-state index is 13.3. The van der Waals surface area contributed by atoms with Crippen molar-refractivity contribution in [3.05, 3.63) is 73.5 Å². The molecule has 1 heterocycles. The maximum Gasteiger partial charge on any atom is 0.317 e. The Hall–Kier alpha value is -2.74. The van der Waals surface area contributed by atoms with Crippen molar-refractivity contribution in [1.82, 2.24) is 9.55 Å². The van der Waals surface area contributed by atoms with Crippen LogP contribution in [0.15, 0.2) is 56.5 Å². The van der Waals surface area contributed by atoms with Gasteiger partial charge in [-0.05, 0) is 36.4 Å². The molecule has 2 aromatic carbocycles. The molecule has 0 fully saturated rings. The van der Waals surface area contributed by atoms with Crippen molar-refractivity contribution in [2.45, 2.75) is 6.54 Å². The normalized spacial score (nSPS) is 10.8. The number of hydrogen-bond donors (Lipinski definition) is 2. The van der Waals surface area contributed by atoms with Gasteiger partial charge in [0, 0.05) is 10.2 Å². The summed E-state index contributed by atoms with van der Waals surface area (Å²) in [6.07, 6.45) is 0. The first kappa shape index (κ1) is 16.1. The van der Waals surface area contributed by atoms with Crippen molar-refractivity contribution < 1.29 is 9.18 Å². The highest BCUT2D eigenvalue weighted by Gasteiger charge is 2.12. The summed E-state index contributed by atoms with van der Waals surface area (Å²) in [5.41, 5.74) is -0.829. The van der Waals surface area contributed by atoms with Crippen molar-refractivity contribution in [3.63, 3.8) is 0 Å². The summed E-state index contributed by atoms with van der Waals surface area (Å²) in [4.78, 5) is 38.2. The van der Waals surface area contributed by atoms with Crippen molar-refractivity contribution >= 4 is 38.6 Å². The molecule has 0 aliphatic carbocycles. The van der Waals surface area contributed by atoms with Gasteiger partial charge in [-0.2, -0.15) is 0 Å². The second kappa shape index (κ2) is 6.40. The highest BCUT2D eigenvalue weighted by atomic mass is 79.9. The molecule has 0 unspecified atom stereocenters. The largest absolute Gasteiger partial charge is 0.324 e. The first-order valence-corrected chi connectivity index (χ1v) is 7.71. The molecule has 8 heteroatoms. The van der Waals surface area contributed by atoms with Crippen molar-refractivity contribution in [3.8, 4) is 0 Å². The molecule has 3 aromatic rings. The van der Waals surface area contributed by atoms with Crippen LogP contribution in [0, 0.1) is 5.82 Å². The molecule has 6 nitrogen and oxygen atoms in total. The minimum absolute atomic E-state index is 0.148. The molecule has 0 saturated heterocycles. The molecule has 0 aliphatic rings. The molecular formula is C16H11BrFN3O3. The van der Waals surface area contributed by atoms with E-state index in [2.05, 4.69) is 26.2 Å². The fourth-order valence-corrected chi connectivity index (χ4v) is 2.72. The average molecular weight is 392 g/mol. The molecule has 2 N–H and O–H groups in total. The van der Waals surface area contributed by atoms with E-state index in [4.69, 9.17) is 0 Å². The van der Waals surface area contributed by atoms with E-state index in [0.717, 1.165) is 21.2 Å². The smallest absolute Gasteiger partial charge is 0.317 e. The van der Waals surface area contributed by atoms with Crippen molar-refractivity contribution in [2.75, 3.05) is 5.32 Å². The number of carbonyl (C=O) groups excluding carboxylic acids is 1. The lowest BCUT2D eigenvalue weighted by Crippen LogP contribution is -2.38. The molecule has 0 radical (unpaired) electrons. The number of fused-ring (bicyclic) bond motifs is 1. The van der Waals surface area contributed by atoms with Crippen molar-refractivity contribution in [1.29, 1.82) is 0 Å². The van der Waals surface area contributed by atoms with Crippen molar-refractivity contribution in [2.24, 2.45) is 0 Å². The van der Waals surface area contributed by atoms with E-state index in [9.17, 15) is 18.8 Å². The highest BCUT2D eigenvalue weighted by Crippen LogP contribution is 2.16. The molecule has 1 amide bonds. The van der Waals surface area contributed by atoms with Gasteiger partial charge < -0.3 is 10.3 Å². The molecule has 0 saturated carbocycles. The number of nitrogens with zero attached hydrogens (tertiary/aromatic N) is 1. The van der Waals surface area contributed by atoms with Crippen LogP contribution in [0.4, 0.5) is 10.1 Å². The molecule has 3 rings (SSSR count). The second-order valence-corrected chi connectivity index (χ2v) is 5.98. The van der Waals surface area contributed by atoms with Crippen LogP contribution in [0.3, 0.4) is 0 Å². The molecule has 1 aromatic heterocycles. The number of anilines is 1. The number of aromatic nitrogens is 2. The first-order valence-electron chi connectivity index (χ1n) is 6.92. The third-order valence-corrected chi connectivity index (χ3v) is 3.84. The fourth-order valence-electron chi connectivity index (χ4n) is 2.32. The first-order chi connectivity index (χ1) is 11.4. The van der Waals surface area contributed by atoms with E-state index >= 15 is 0 Å². The van der Waals surface area contributed by atoms with Crippen LogP contribution in [0.2, 0.25) is 0 Å². The summed E-state index contributed by atoms with van der Waals surface area (Å²) in [6.45, 7) is -0.364. The van der Waals surface area contributed by atoms with Crippen LogP contribution in [-0.4, -0.2) is 15.5 Å². The SMILES string of the molecule is O=C(Cn1c(=O)c(=O)[nH]c2cc(F)ccc21)Nc1cccc(Br)c1. The Morgan fingerprint density at radius 1 is 1.21 bits per heavy atom. The van der Waals surface area contributed by atoms with Crippen LogP contribution in [0.5, 0.6) is 0 Å². The number of nitrogens with one attached hydrogen (secondary N) is 2. The van der Waals surface area contributed by atoms with E-state index in [1.165, 1.54) is 6.07 Å². The molecule has 122 valence electrons. The van der Waals surface area contributed by atoms with Crippen LogP contribution in [-0.2, 0) is 11.3 Å². The molecule has 0 spiro atoms. The van der Waals surface area contributed by atoms with E-state index in [-0.39, 0.29) is 17.6 Å². The predicted octanol–water partition coefficient (Wildman–Crippen LogP) is 2.23. The third-order valence-electron chi connectivity index (χ3n) is 3.35. The van der Waals surface area contributed by atoms with Gasteiger partial charge in [-0.3, -0.25) is 19.0 Å². The van der Waals surface area contributed by atoms with E-state index < -0.39 is 22.8 Å². The summed E-state index contributed by atoms with van der Waals surface area (Å²) in [6, 6.07) is 10.5. The Morgan fingerprint density at radius 2 is 2.00 bits per heavy atom. The number of hydrogen-bond acceptors (Lipinski definition) is 3. The van der Waals surface area contributed by atoms with Crippen LogP contribution in [0.1, 0.15) is 0 Å². The lowest BCUT2D eigenvalue weighted by molar-refractivity contribution is -0.116. The summed E-state index contributed by atoms with van der Waals surface area (Å²) in [7, 11) is 0. The zero-order chi connectivity index (χ0) is 17.3. The van der Waals surface area contributed by atoms with Gasteiger partial charge in [0.1, 0.15) is 12.4 Å². The van der Waals surface area contributed by atoms with Gasteiger partial charge in [0.15, 0.2) is 0 Å². The Kier molecular flexibility index (Phi) is 4.30. The predicted molar refractivity (Wildman–Crippen MR) is 91.6 cm³/mol. The van der Waals surface area contributed by atoms with E-state index in [1.807, 2.05) is 0 Å². The zero-order valence-corrected chi connectivity index (χ0v) is 13.8. The quantitative estimate of drug-likeness (QED) is 0.671. The van der Waals surface area contributed by atoms with Gasteiger partial charge in [0.05, 0.1) is 11.0 Å². The highest BCUT2D eigenvalue weighted by molar-refractivity contribution is 9.10. The van der Waals surface area contributed by atoms with E-state index in [0.29, 0.717) is 5.69 Å². The van der Waals surface area contributed by atoms with Gasteiger partial charge >= 0.3 is 11.1 Å². The number of halogens is 2. The maximum atomic E-state index is 13.3. The summed E-state index contributed by atoms with van der Waals surface area (Å²) in [5, 5.41) is 2.64. The molecule has 0 aliphatic heterocycles. The summed E-state index contributed by atoms with van der Waals surface area (Å²) in [5.74, 6) is -1.03. The number of H-pyrrole nitrogens is 1. The number of aromatic amines is 1. The summed E-state index contributed by atoms with van der Waals surface area (Å²) < 4.78 is 15.1. The number of carbonyl (C=O) groups is 1. The lowest BCUT2D eigenvalue weighted by atomic mass is 10.2. The fraction of sp³-hybridized carbons (Fsp3) is 0.0625. The topological polar surface area (TPSA) is 84.0 Å².